The quantitative estimate of drug-likeness (QED) is 0.598. The molecule has 4 nitrogen and oxygen atoms in total. The lowest BCUT2D eigenvalue weighted by atomic mass is 10.0. The average molecular weight is 314 g/mol. The molecule has 114 valence electrons. The molecule has 0 atom stereocenters. The molecule has 0 fully saturated rings. The summed E-state index contributed by atoms with van der Waals surface area (Å²) in [6.07, 6.45) is 0. The van der Waals surface area contributed by atoms with Crippen LogP contribution in [0, 0.1) is 0 Å². The molecule has 0 aliphatic rings. The van der Waals surface area contributed by atoms with Gasteiger partial charge in [-0.2, -0.15) is 0 Å². The Kier molecular flexibility index (Phi) is 5.12. The highest BCUT2D eigenvalue weighted by Gasteiger charge is 2.09. The maximum absolute atomic E-state index is 12.1. The molecule has 0 radical (unpaired) electrons. The second kappa shape index (κ2) is 7.04. The lowest BCUT2D eigenvalue weighted by Crippen LogP contribution is -2.34. The van der Waals surface area contributed by atoms with Crippen molar-refractivity contribution in [2.24, 2.45) is 0 Å². The molecule has 0 saturated heterocycles. The first kappa shape index (κ1) is 16.0. The van der Waals surface area contributed by atoms with Gasteiger partial charge in [0.25, 0.3) is 5.91 Å². The molecule has 2 aromatic carbocycles. The van der Waals surface area contributed by atoms with Crippen LogP contribution in [0.4, 0.5) is 5.69 Å². The van der Waals surface area contributed by atoms with E-state index >= 15 is 0 Å². The molecule has 2 rings (SSSR count). The van der Waals surface area contributed by atoms with Gasteiger partial charge in [0.1, 0.15) is 5.75 Å². The van der Waals surface area contributed by atoms with Gasteiger partial charge in [0.15, 0.2) is 5.11 Å². The van der Waals surface area contributed by atoms with E-state index in [9.17, 15) is 9.90 Å². The molecule has 2 aromatic rings. The highest BCUT2D eigenvalue weighted by molar-refractivity contribution is 7.80. The number of aromatic hydroxyl groups is 1. The van der Waals surface area contributed by atoms with E-state index in [-0.39, 0.29) is 16.8 Å². The van der Waals surface area contributed by atoms with Crippen LogP contribution in [0.15, 0.2) is 48.5 Å². The van der Waals surface area contributed by atoms with Crippen molar-refractivity contribution >= 4 is 28.9 Å². The number of anilines is 1. The third-order valence-electron chi connectivity index (χ3n) is 3.22. The van der Waals surface area contributed by atoms with Crippen LogP contribution in [0.25, 0.3) is 0 Å². The van der Waals surface area contributed by atoms with E-state index in [1.807, 2.05) is 12.1 Å². The van der Waals surface area contributed by atoms with Crippen molar-refractivity contribution in [1.29, 1.82) is 0 Å². The molecule has 5 heteroatoms. The number of para-hydroxylation sites is 2. The van der Waals surface area contributed by atoms with Crippen molar-refractivity contribution in [3.63, 3.8) is 0 Å². The number of phenols is 1. The van der Waals surface area contributed by atoms with Crippen molar-refractivity contribution in [2.75, 3.05) is 5.32 Å². The van der Waals surface area contributed by atoms with Crippen LogP contribution in [0.5, 0.6) is 5.75 Å². The summed E-state index contributed by atoms with van der Waals surface area (Å²) in [6.45, 7) is 4.20. The van der Waals surface area contributed by atoms with Crippen LogP contribution in [-0.2, 0) is 0 Å². The van der Waals surface area contributed by atoms with Gasteiger partial charge in [-0.05, 0) is 48.0 Å². The summed E-state index contributed by atoms with van der Waals surface area (Å²) in [5.41, 5.74) is 2.15. The zero-order valence-electron chi connectivity index (χ0n) is 12.5. The molecule has 0 spiro atoms. The SMILES string of the molecule is CC(C)c1ccc(C(=O)NC(=S)Nc2ccccc2O)cc1. The van der Waals surface area contributed by atoms with Crippen molar-refractivity contribution in [1.82, 2.24) is 5.32 Å². The summed E-state index contributed by atoms with van der Waals surface area (Å²) in [6, 6.07) is 14.1. The van der Waals surface area contributed by atoms with Crippen molar-refractivity contribution in [3.8, 4) is 5.75 Å². The van der Waals surface area contributed by atoms with Gasteiger partial charge in [-0.3, -0.25) is 10.1 Å². The van der Waals surface area contributed by atoms with Crippen LogP contribution >= 0.6 is 12.2 Å². The van der Waals surface area contributed by atoms with Gasteiger partial charge in [-0.1, -0.05) is 38.1 Å². The molecule has 0 aliphatic heterocycles. The van der Waals surface area contributed by atoms with Gasteiger partial charge >= 0.3 is 0 Å². The largest absolute Gasteiger partial charge is 0.506 e. The number of hydrogen-bond acceptors (Lipinski definition) is 3. The van der Waals surface area contributed by atoms with Crippen LogP contribution in [0.3, 0.4) is 0 Å². The Balaban J connectivity index is 1.99. The highest BCUT2D eigenvalue weighted by atomic mass is 32.1. The first-order valence-corrected chi connectivity index (χ1v) is 7.38. The van der Waals surface area contributed by atoms with Gasteiger partial charge in [-0.15, -0.1) is 0 Å². The Hall–Kier alpha value is -2.40. The topological polar surface area (TPSA) is 61.4 Å². The number of rotatable bonds is 3. The first-order valence-electron chi connectivity index (χ1n) is 6.97. The van der Waals surface area contributed by atoms with E-state index in [4.69, 9.17) is 12.2 Å². The van der Waals surface area contributed by atoms with Crippen molar-refractivity contribution in [2.45, 2.75) is 19.8 Å². The second-order valence-corrected chi connectivity index (χ2v) is 5.61. The maximum atomic E-state index is 12.1. The molecule has 0 bridgehead atoms. The zero-order chi connectivity index (χ0) is 16.1. The zero-order valence-corrected chi connectivity index (χ0v) is 13.3. The Morgan fingerprint density at radius 3 is 2.32 bits per heavy atom. The van der Waals surface area contributed by atoms with Crippen molar-refractivity contribution < 1.29 is 9.90 Å². The predicted molar refractivity (Wildman–Crippen MR) is 92.3 cm³/mol. The Labute approximate surface area is 135 Å². The fourth-order valence-electron chi connectivity index (χ4n) is 1.93. The van der Waals surface area contributed by atoms with Gasteiger partial charge in [0, 0.05) is 5.56 Å². The summed E-state index contributed by atoms with van der Waals surface area (Å²) in [5, 5.41) is 15.2. The molecule has 1 amide bonds. The monoisotopic (exact) mass is 314 g/mol. The summed E-state index contributed by atoms with van der Waals surface area (Å²) in [7, 11) is 0. The molecular weight excluding hydrogens is 296 g/mol. The Morgan fingerprint density at radius 2 is 1.73 bits per heavy atom. The predicted octanol–water partition coefficient (Wildman–Crippen LogP) is 3.64. The van der Waals surface area contributed by atoms with Gasteiger partial charge in [0.2, 0.25) is 0 Å². The minimum Gasteiger partial charge on any atom is -0.506 e. The summed E-state index contributed by atoms with van der Waals surface area (Å²) in [5.74, 6) is 0.199. The van der Waals surface area contributed by atoms with E-state index < -0.39 is 0 Å². The van der Waals surface area contributed by atoms with Gasteiger partial charge < -0.3 is 10.4 Å². The fraction of sp³-hybridized carbons (Fsp3) is 0.176. The Morgan fingerprint density at radius 1 is 1.09 bits per heavy atom. The molecule has 0 aliphatic carbocycles. The van der Waals surface area contributed by atoms with Gasteiger partial charge in [0.05, 0.1) is 5.69 Å². The van der Waals surface area contributed by atoms with E-state index in [1.54, 1.807) is 30.3 Å². The number of hydrogen-bond donors (Lipinski definition) is 3. The summed E-state index contributed by atoms with van der Waals surface area (Å²) in [4.78, 5) is 12.1. The van der Waals surface area contributed by atoms with E-state index in [1.165, 1.54) is 11.6 Å². The number of amides is 1. The summed E-state index contributed by atoms with van der Waals surface area (Å²) >= 11 is 5.09. The van der Waals surface area contributed by atoms with Gasteiger partial charge in [-0.25, -0.2) is 0 Å². The third-order valence-corrected chi connectivity index (χ3v) is 3.42. The molecule has 0 aromatic heterocycles. The molecule has 0 unspecified atom stereocenters. The van der Waals surface area contributed by atoms with Crippen LogP contribution in [-0.4, -0.2) is 16.1 Å². The lowest BCUT2D eigenvalue weighted by molar-refractivity contribution is 0.0977. The number of phenolic OH excluding ortho intramolecular Hbond substituents is 1. The minimum absolute atomic E-state index is 0.0698. The van der Waals surface area contributed by atoms with E-state index in [0.29, 0.717) is 17.2 Å². The molecule has 22 heavy (non-hydrogen) atoms. The number of nitrogens with one attached hydrogen (secondary N) is 2. The third kappa shape index (κ3) is 4.05. The molecule has 3 N–H and O–H groups in total. The number of benzene rings is 2. The van der Waals surface area contributed by atoms with E-state index in [2.05, 4.69) is 24.5 Å². The maximum Gasteiger partial charge on any atom is 0.257 e. The number of carbonyl (C=O) groups excluding carboxylic acids is 1. The molecule has 0 saturated carbocycles. The Bertz CT molecular complexity index is 681. The standard InChI is InChI=1S/C17H18N2O2S/c1-11(2)12-7-9-13(10-8-12)16(21)19-17(22)18-14-5-3-4-6-15(14)20/h3-11,20H,1-2H3,(H2,18,19,21,22). The highest BCUT2D eigenvalue weighted by Crippen LogP contribution is 2.21. The normalized spacial score (nSPS) is 10.3. The second-order valence-electron chi connectivity index (χ2n) is 5.20. The van der Waals surface area contributed by atoms with Crippen LogP contribution < -0.4 is 10.6 Å². The number of carbonyl (C=O) groups is 1. The van der Waals surface area contributed by atoms with Crippen molar-refractivity contribution in [3.05, 3.63) is 59.7 Å². The van der Waals surface area contributed by atoms with Crippen LogP contribution in [0.2, 0.25) is 0 Å². The number of thiocarbonyl (C=S) groups is 1. The smallest absolute Gasteiger partial charge is 0.257 e. The van der Waals surface area contributed by atoms with E-state index in [0.717, 1.165) is 0 Å². The lowest BCUT2D eigenvalue weighted by Gasteiger charge is -2.11. The fourth-order valence-corrected chi connectivity index (χ4v) is 2.13. The summed E-state index contributed by atoms with van der Waals surface area (Å²) < 4.78 is 0. The molecule has 0 heterocycles. The average Bonchev–Trinajstić information content (AvgIpc) is 2.49. The molecular formula is C17H18N2O2S. The van der Waals surface area contributed by atoms with Crippen LogP contribution in [0.1, 0.15) is 35.7 Å². The first-order chi connectivity index (χ1) is 10.5. The minimum atomic E-state index is -0.289.